The van der Waals surface area contributed by atoms with Crippen LogP contribution in [-0.4, -0.2) is 48.3 Å². The summed E-state index contributed by atoms with van der Waals surface area (Å²) < 4.78 is 0. The van der Waals surface area contributed by atoms with Gasteiger partial charge in [0.1, 0.15) is 0 Å². The third-order valence-corrected chi connectivity index (χ3v) is 4.37. The normalized spacial score (nSPS) is 32.1. The number of aliphatic hydroxyl groups excluding tert-OH is 1. The summed E-state index contributed by atoms with van der Waals surface area (Å²) in [7, 11) is 0. The summed E-state index contributed by atoms with van der Waals surface area (Å²) >= 11 is 0. The van der Waals surface area contributed by atoms with Crippen molar-refractivity contribution in [3.05, 3.63) is 0 Å². The maximum Gasteiger partial charge on any atom is 0.0564 e. The minimum Gasteiger partial charge on any atom is -0.393 e. The van der Waals surface area contributed by atoms with Gasteiger partial charge >= 0.3 is 0 Å². The van der Waals surface area contributed by atoms with Gasteiger partial charge in [0.25, 0.3) is 0 Å². The van der Waals surface area contributed by atoms with Crippen LogP contribution in [0, 0.1) is 5.92 Å². The van der Waals surface area contributed by atoms with Crippen LogP contribution < -0.4 is 5.32 Å². The molecule has 1 aliphatic heterocycles. The molecule has 3 nitrogen and oxygen atoms in total. The van der Waals surface area contributed by atoms with E-state index in [1.165, 1.54) is 38.8 Å². The zero-order valence-electron chi connectivity index (χ0n) is 11.2. The lowest BCUT2D eigenvalue weighted by atomic mass is 10.0. The van der Waals surface area contributed by atoms with E-state index in [2.05, 4.69) is 17.1 Å². The molecule has 0 aromatic carbocycles. The van der Waals surface area contributed by atoms with E-state index in [0.29, 0.717) is 0 Å². The van der Waals surface area contributed by atoms with Crippen molar-refractivity contribution in [1.29, 1.82) is 0 Å². The lowest BCUT2D eigenvalue weighted by molar-refractivity contribution is 0.0728. The minimum atomic E-state index is -0.0381. The summed E-state index contributed by atoms with van der Waals surface area (Å²) in [6.45, 7) is 6.84. The summed E-state index contributed by atoms with van der Waals surface area (Å²) in [4.78, 5) is 2.56. The van der Waals surface area contributed by atoms with Crippen LogP contribution in [0.25, 0.3) is 0 Å². The van der Waals surface area contributed by atoms with Crippen molar-refractivity contribution < 1.29 is 5.11 Å². The van der Waals surface area contributed by atoms with Crippen LogP contribution >= 0.6 is 0 Å². The van der Waals surface area contributed by atoms with Crippen molar-refractivity contribution in [3.8, 4) is 0 Å². The van der Waals surface area contributed by atoms with Crippen LogP contribution in [0.15, 0.2) is 0 Å². The Morgan fingerprint density at radius 1 is 1.18 bits per heavy atom. The van der Waals surface area contributed by atoms with Gasteiger partial charge in [0, 0.05) is 25.7 Å². The van der Waals surface area contributed by atoms with Crippen molar-refractivity contribution in [2.24, 2.45) is 5.92 Å². The molecule has 2 rings (SSSR count). The second-order valence-electron chi connectivity index (χ2n) is 5.78. The fourth-order valence-corrected chi connectivity index (χ4v) is 3.29. The minimum absolute atomic E-state index is 0.0381. The lowest BCUT2D eigenvalue weighted by Crippen LogP contribution is -2.43. The highest BCUT2D eigenvalue weighted by molar-refractivity contribution is 4.86. The van der Waals surface area contributed by atoms with Crippen molar-refractivity contribution >= 4 is 0 Å². The number of hydrogen-bond acceptors (Lipinski definition) is 3. The van der Waals surface area contributed by atoms with Gasteiger partial charge in [-0.2, -0.15) is 0 Å². The number of likely N-dealkylation sites (tertiary alicyclic amines) is 1. The number of piperidine rings is 1. The van der Waals surface area contributed by atoms with Gasteiger partial charge in [0.05, 0.1) is 6.10 Å². The fraction of sp³-hybridized carbons (Fsp3) is 1.00. The predicted octanol–water partition coefficient (Wildman–Crippen LogP) is 1.61. The van der Waals surface area contributed by atoms with E-state index in [0.717, 1.165) is 37.9 Å². The molecule has 0 bridgehead atoms. The standard InChI is InChI=1S/C14H28N2O/c1-2-8-15-14-5-3-4-12(14)11-16-9-6-13(17)7-10-16/h12-15,17H,2-11H2,1H3. The van der Waals surface area contributed by atoms with Gasteiger partial charge in [-0.3, -0.25) is 0 Å². The average Bonchev–Trinajstić information content (AvgIpc) is 2.77. The number of aliphatic hydroxyl groups is 1. The summed E-state index contributed by atoms with van der Waals surface area (Å²) in [5.74, 6) is 0.844. The molecule has 0 radical (unpaired) electrons. The fourth-order valence-electron chi connectivity index (χ4n) is 3.29. The van der Waals surface area contributed by atoms with Gasteiger partial charge in [0.15, 0.2) is 0 Å². The largest absolute Gasteiger partial charge is 0.393 e. The van der Waals surface area contributed by atoms with Gasteiger partial charge < -0.3 is 15.3 Å². The summed E-state index contributed by atoms with van der Waals surface area (Å²) in [6, 6.07) is 0.752. The molecule has 2 fully saturated rings. The van der Waals surface area contributed by atoms with E-state index >= 15 is 0 Å². The molecule has 2 N–H and O–H groups in total. The van der Waals surface area contributed by atoms with Crippen LogP contribution in [0.3, 0.4) is 0 Å². The van der Waals surface area contributed by atoms with Crippen molar-refractivity contribution in [2.45, 2.75) is 57.6 Å². The molecule has 0 aromatic heterocycles. The first-order valence-electron chi connectivity index (χ1n) is 7.43. The third-order valence-electron chi connectivity index (χ3n) is 4.37. The molecule has 1 saturated carbocycles. The Morgan fingerprint density at radius 2 is 1.94 bits per heavy atom. The van der Waals surface area contributed by atoms with Crippen LogP contribution in [-0.2, 0) is 0 Å². The average molecular weight is 240 g/mol. The van der Waals surface area contributed by atoms with Gasteiger partial charge in [-0.05, 0) is 44.6 Å². The van der Waals surface area contributed by atoms with Crippen molar-refractivity contribution in [3.63, 3.8) is 0 Å². The zero-order chi connectivity index (χ0) is 12.1. The quantitative estimate of drug-likeness (QED) is 0.766. The van der Waals surface area contributed by atoms with E-state index in [1.807, 2.05) is 0 Å². The highest BCUT2D eigenvalue weighted by Gasteiger charge is 2.29. The molecular formula is C14H28N2O. The first kappa shape index (κ1) is 13.3. The first-order chi connectivity index (χ1) is 8.29. The molecule has 2 unspecified atom stereocenters. The maximum absolute atomic E-state index is 9.52. The maximum atomic E-state index is 9.52. The van der Waals surface area contributed by atoms with Crippen LogP contribution in [0.4, 0.5) is 0 Å². The number of rotatable bonds is 5. The van der Waals surface area contributed by atoms with Gasteiger partial charge in [-0.15, -0.1) is 0 Å². The SMILES string of the molecule is CCCNC1CCCC1CN1CCC(O)CC1. The van der Waals surface area contributed by atoms with E-state index in [9.17, 15) is 5.11 Å². The molecule has 2 aliphatic rings. The smallest absolute Gasteiger partial charge is 0.0564 e. The van der Waals surface area contributed by atoms with E-state index in [1.54, 1.807) is 0 Å². The van der Waals surface area contributed by atoms with E-state index in [4.69, 9.17) is 0 Å². The molecule has 2 atom stereocenters. The molecule has 100 valence electrons. The Labute approximate surface area is 106 Å². The van der Waals surface area contributed by atoms with Crippen LogP contribution in [0.1, 0.15) is 45.4 Å². The predicted molar refractivity (Wildman–Crippen MR) is 71.1 cm³/mol. The Kier molecular flexibility index (Phi) is 5.26. The van der Waals surface area contributed by atoms with Gasteiger partial charge in [-0.1, -0.05) is 13.3 Å². The molecule has 1 heterocycles. The summed E-state index contributed by atoms with van der Waals surface area (Å²) in [5, 5.41) is 13.2. The molecule has 17 heavy (non-hydrogen) atoms. The Balaban J connectivity index is 1.73. The Bertz CT molecular complexity index is 214. The number of nitrogens with zero attached hydrogens (tertiary/aromatic N) is 1. The molecule has 1 aliphatic carbocycles. The van der Waals surface area contributed by atoms with Gasteiger partial charge in [0.2, 0.25) is 0 Å². The van der Waals surface area contributed by atoms with E-state index < -0.39 is 0 Å². The second kappa shape index (κ2) is 6.72. The molecule has 3 heteroatoms. The van der Waals surface area contributed by atoms with Crippen molar-refractivity contribution in [1.82, 2.24) is 10.2 Å². The zero-order valence-corrected chi connectivity index (χ0v) is 11.2. The summed E-state index contributed by atoms with van der Waals surface area (Å²) in [6.07, 6.45) is 7.28. The van der Waals surface area contributed by atoms with Crippen LogP contribution in [0.2, 0.25) is 0 Å². The molecule has 0 amide bonds. The molecule has 0 aromatic rings. The Hall–Kier alpha value is -0.120. The van der Waals surface area contributed by atoms with Crippen LogP contribution in [0.5, 0.6) is 0 Å². The lowest BCUT2D eigenvalue weighted by Gasteiger charge is -2.33. The molecule has 0 spiro atoms. The molecular weight excluding hydrogens is 212 g/mol. The Morgan fingerprint density at radius 3 is 2.65 bits per heavy atom. The highest BCUT2D eigenvalue weighted by Crippen LogP contribution is 2.27. The van der Waals surface area contributed by atoms with E-state index in [-0.39, 0.29) is 6.10 Å². The highest BCUT2D eigenvalue weighted by atomic mass is 16.3. The van der Waals surface area contributed by atoms with Crippen molar-refractivity contribution in [2.75, 3.05) is 26.2 Å². The number of hydrogen-bond donors (Lipinski definition) is 2. The monoisotopic (exact) mass is 240 g/mol. The molecule has 1 saturated heterocycles. The second-order valence-corrected chi connectivity index (χ2v) is 5.78. The van der Waals surface area contributed by atoms with Gasteiger partial charge in [-0.25, -0.2) is 0 Å². The third kappa shape index (κ3) is 3.94. The topological polar surface area (TPSA) is 35.5 Å². The summed E-state index contributed by atoms with van der Waals surface area (Å²) in [5.41, 5.74) is 0. The first-order valence-corrected chi connectivity index (χ1v) is 7.43. The number of nitrogens with one attached hydrogen (secondary N) is 1.